The molecule has 1 aromatic carbocycles. The third-order valence-corrected chi connectivity index (χ3v) is 6.36. The Bertz CT molecular complexity index is 466. The Morgan fingerprint density at radius 1 is 1.47 bits per heavy atom. The Hall–Kier alpha value is -0.770. The number of benzene rings is 1. The van der Waals surface area contributed by atoms with Gasteiger partial charge in [-0.1, -0.05) is 19.1 Å². The van der Waals surface area contributed by atoms with Gasteiger partial charge in [0.2, 0.25) is 0 Å². The highest BCUT2D eigenvalue weighted by Gasteiger charge is 2.21. The van der Waals surface area contributed by atoms with Gasteiger partial charge in [-0.3, -0.25) is 9.65 Å². The van der Waals surface area contributed by atoms with Gasteiger partial charge in [0, 0.05) is 5.75 Å². The van der Waals surface area contributed by atoms with E-state index in [2.05, 4.69) is 10.1 Å². The zero-order chi connectivity index (χ0) is 14.1. The highest BCUT2D eigenvalue weighted by molar-refractivity contribution is 8.56. The lowest BCUT2D eigenvalue weighted by molar-refractivity contribution is 0.343. The molecule has 0 aromatic heterocycles. The molecule has 0 bridgehead atoms. The summed E-state index contributed by atoms with van der Waals surface area (Å²) in [6, 6.07) is 7.81. The van der Waals surface area contributed by atoms with Crippen molar-refractivity contribution in [2.45, 2.75) is 27.2 Å². The van der Waals surface area contributed by atoms with Gasteiger partial charge in [0.1, 0.15) is 0 Å². The van der Waals surface area contributed by atoms with E-state index in [-0.39, 0.29) is 0 Å². The first-order valence-electron chi connectivity index (χ1n) is 6.35. The summed E-state index contributed by atoms with van der Waals surface area (Å²) in [7, 11) is 0. The van der Waals surface area contributed by atoms with Crippen molar-refractivity contribution < 1.29 is 9.09 Å². The smallest absolute Gasteiger partial charge is 0.306 e. The molecule has 0 spiro atoms. The van der Waals surface area contributed by atoms with E-state index in [9.17, 15) is 4.57 Å². The van der Waals surface area contributed by atoms with Gasteiger partial charge in [-0.2, -0.15) is 0 Å². The average molecular weight is 300 g/mol. The molecule has 0 saturated carbocycles. The van der Waals surface area contributed by atoms with Crippen LogP contribution in [0.25, 0.3) is 0 Å². The SMILES string of the molecule is CCCSP(=O)(NC=Nc1cccc(C)c1)OCC. The summed E-state index contributed by atoms with van der Waals surface area (Å²) in [6.07, 6.45) is 2.42. The summed E-state index contributed by atoms with van der Waals surface area (Å²) in [4.78, 5) is 4.24. The van der Waals surface area contributed by atoms with Crippen LogP contribution in [0.2, 0.25) is 0 Å². The van der Waals surface area contributed by atoms with Crippen LogP contribution < -0.4 is 5.09 Å². The second-order valence-corrected chi connectivity index (χ2v) is 8.37. The Kier molecular flexibility index (Phi) is 7.21. The molecule has 1 aromatic rings. The van der Waals surface area contributed by atoms with Crippen molar-refractivity contribution in [3.8, 4) is 0 Å². The minimum atomic E-state index is -2.87. The number of aliphatic imine (C=N–C) groups is 1. The molecule has 0 aliphatic heterocycles. The summed E-state index contributed by atoms with van der Waals surface area (Å²) < 4.78 is 17.7. The molecule has 0 amide bonds. The molecule has 0 heterocycles. The molecule has 106 valence electrons. The predicted molar refractivity (Wildman–Crippen MR) is 84.4 cm³/mol. The van der Waals surface area contributed by atoms with E-state index in [0.29, 0.717) is 6.61 Å². The highest BCUT2D eigenvalue weighted by Crippen LogP contribution is 2.55. The van der Waals surface area contributed by atoms with Crippen molar-refractivity contribution in [1.82, 2.24) is 5.09 Å². The molecule has 4 nitrogen and oxygen atoms in total. The maximum atomic E-state index is 12.4. The second kappa shape index (κ2) is 8.41. The fraction of sp³-hybridized carbons (Fsp3) is 0.462. The van der Waals surface area contributed by atoms with Gasteiger partial charge in [0.05, 0.1) is 18.6 Å². The van der Waals surface area contributed by atoms with Crippen LogP contribution in [0.15, 0.2) is 29.3 Å². The van der Waals surface area contributed by atoms with Crippen LogP contribution >= 0.6 is 18.1 Å². The largest absolute Gasteiger partial charge is 0.351 e. The molecular weight excluding hydrogens is 279 g/mol. The molecule has 1 rings (SSSR count). The van der Waals surface area contributed by atoms with Crippen molar-refractivity contribution in [2.75, 3.05) is 12.4 Å². The quantitative estimate of drug-likeness (QED) is 0.435. The van der Waals surface area contributed by atoms with Crippen LogP contribution in [-0.2, 0) is 9.09 Å². The maximum Gasteiger partial charge on any atom is 0.351 e. The molecular formula is C13H21N2O2PS. The fourth-order valence-electron chi connectivity index (χ4n) is 1.38. The zero-order valence-electron chi connectivity index (χ0n) is 11.6. The van der Waals surface area contributed by atoms with E-state index in [0.717, 1.165) is 23.4 Å². The van der Waals surface area contributed by atoms with Gasteiger partial charge in [-0.25, -0.2) is 4.99 Å². The van der Waals surface area contributed by atoms with Crippen LogP contribution in [0, 0.1) is 6.92 Å². The third kappa shape index (κ3) is 6.28. The second-order valence-electron chi connectivity index (χ2n) is 3.97. The zero-order valence-corrected chi connectivity index (χ0v) is 13.3. The summed E-state index contributed by atoms with van der Waals surface area (Å²) in [5.74, 6) is 0.794. The number of hydrogen-bond acceptors (Lipinski definition) is 4. The molecule has 1 unspecified atom stereocenters. The van der Waals surface area contributed by atoms with E-state index in [1.165, 1.54) is 17.7 Å². The number of nitrogens with zero attached hydrogens (tertiary/aromatic N) is 1. The summed E-state index contributed by atoms with van der Waals surface area (Å²) in [5.41, 5.74) is 1.97. The normalized spacial score (nSPS) is 14.5. The minimum absolute atomic E-state index is 0.416. The van der Waals surface area contributed by atoms with Crippen molar-refractivity contribution >= 4 is 30.1 Å². The van der Waals surface area contributed by atoms with Gasteiger partial charge in [0.25, 0.3) is 0 Å². The molecule has 0 saturated heterocycles. The topological polar surface area (TPSA) is 50.7 Å². The van der Waals surface area contributed by atoms with E-state index in [4.69, 9.17) is 4.52 Å². The van der Waals surface area contributed by atoms with Crippen LogP contribution in [0.4, 0.5) is 5.69 Å². The van der Waals surface area contributed by atoms with Gasteiger partial charge < -0.3 is 4.52 Å². The molecule has 1 atom stereocenters. The molecule has 0 aliphatic carbocycles. The molecule has 0 aliphatic rings. The average Bonchev–Trinajstić information content (AvgIpc) is 2.37. The van der Waals surface area contributed by atoms with E-state index >= 15 is 0 Å². The molecule has 0 fully saturated rings. The fourth-order valence-corrected chi connectivity index (χ4v) is 4.73. The Morgan fingerprint density at radius 2 is 2.26 bits per heavy atom. The monoisotopic (exact) mass is 300 g/mol. The number of nitrogens with one attached hydrogen (secondary N) is 1. The van der Waals surface area contributed by atoms with Gasteiger partial charge in [0.15, 0.2) is 0 Å². The van der Waals surface area contributed by atoms with E-state index < -0.39 is 6.72 Å². The summed E-state index contributed by atoms with van der Waals surface area (Å²) in [5, 5.41) is 2.80. The van der Waals surface area contributed by atoms with Gasteiger partial charge in [-0.05, 0) is 49.3 Å². The maximum absolute atomic E-state index is 12.4. The van der Waals surface area contributed by atoms with E-state index in [1.807, 2.05) is 45.0 Å². The highest BCUT2D eigenvalue weighted by atomic mass is 32.7. The molecule has 19 heavy (non-hydrogen) atoms. The van der Waals surface area contributed by atoms with Crippen molar-refractivity contribution in [3.05, 3.63) is 29.8 Å². The van der Waals surface area contributed by atoms with Crippen LogP contribution in [0.5, 0.6) is 0 Å². The number of hydrogen-bond donors (Lipinski definition) is 1. The lowest BCUT2D eigenvalue weighted by Crippen LogP contribution is -2.08. The molecule has 6 heteroatoms. The lowest BCUT2D eigenvalue weighted by Gasteiger charge is -2.15. The number of aryl methyl sites for hydroxylation is 1. The Morgan fingerprint density at radius 3 is 2.89 bits per heavy atom. The first kappa shape index (κ1) is 16.3. The van der Waals surface area contributed by atoms with Crippen LogP contribution in [0.1, 0.15) is 25.8 Å². The molecule has 1 N–H and O–H groups in total. The molecule has 0 radical (unpaired) electrons. The summed E-state index contributed by atoms with van der Waals surface area (Å²) >= 11 is 1.32. The standard InChI is InChI=1S/C13H21N2O2PS/c1-4-9-19-18(16,17-5-2)15-11-14-13-8-6-7-12(3)10-13/h6-8,10-11H,4-5,9H2,1-3H3,(H,14,15,16). The predicted octanol–water partition coefficient (Wildman–Crippen LogP) is 4.53. The van der Waals surface area contributed by atoms with Gasteiger partial charge in [-0.15, -0.1) is 0 Å². The van der Waals surface area contributed by atoms with E-state index in [1.54, 1.807) is 0 Å². The number of rotatable bonds is 8. The van der Waals surface area contributed by atoms with Crippen LogP contribution in [-0.4, -0.2) is 18.7 Å². The van der Waals surface area contributed by atoms with Crippen molar-refractivity contribution in [3.63, 3.8) is 0 Å². The minimum Gasteiger partial charge on any atom is -0.306 e. The lowest BCUT2D eigenvalue weighted by atomic mass is 10.2. The van der Waals surface area contributed by atoms with Crippen molar-refractivity contribution in [2.24, 2.45) is 4.99 Å². The summed E-state index contributed by atoms with van der Waals surface area (Å²) in [6.45, 7) is 3.43. The first-order valence-corrected chi connectivity index (χ1v) is 9.57. The Balaban J connectivity index is 2.62. The first-order chi connectivity index (χ1) is 9.09. The van der Waals surface area contributed by atoms with Crippen molar-refractivity contribution in [1.29, 1.82) is 0 Å². The van der Waals surface area contributed by atoms with Crippen LogP contribution in [0.3, 0.4) is 0 Å². The van der Waals surface area contributed by atoms with Gasteiger partial charge >= 0.3 is 6.72 Å². The Labute approximate surface area is 119 Å². The third-order valence-electron chi connectivity index (χ3n) is 2.20.